The molecule has 2 aromatic carbocycles. The van der Waals surface area contributed by atoms with Gasteiger partial charge in [-0.2, -0.15) is 0 Å². The number of carbonyl (C=O) groups is 1. The van der Waals surface area contributed by atoms with Crippen LogP contribution in [0, 0.1) is 0 Å². The number of nitrogens with one attached hydrogen (secondary N) is 1. The molecule has 1 N–H and O–H groups in total. The fourth-order valence-electron chi connectivity index (χ4n) is 2.93. The van der Waals surface area contributed by atoms with E-state index < -0.39 is 0 Å². The van der Waals surface area contributed by atoms with E-state index in [-0.39, 0.29) is 12.6 Å². The summed E-state index contributed by atoms with van der Waals surface area (Å²) in [6.07, 6.45) is 1.89. The van der Waals surface area contributed by atoms with E-state index in [1.165, 1.54) is 17.4 Å². The zero-order valence-electron chi connectivity index (χ0n) is 15.8. The highest BCUT2D eigenvalue weighted by Gasteiger charge is 2.31. The van der Waals surface area contributed by atoms with Crippen LogP contribution in [0.15, 0.2) is 53.4 Å². The maximum absolute atomic E-state index is 12.8. The van der Waals surface area contributed by atoms with Crippen molar-refractivity contribution in [1.29, 1.82) is 0 Å². The predicted octanol–water partition coefficient (Wildman–Crippen LogP) is 5.46. The first-order valence-electron chi connectivity index (χ1n) is 9.12. The van der Waals surface area contributed by atoms with Crippen molar-refractivity contribution in [2.24, 2.45) is 0 Å². The van der Waals surface area contributed by atoms with Gasteiger partial charge in [-0.3, -0.25) is 9.69 Å². The SMILES string of the molecule is CCN(CC)c1ccc(C=C2SC(=S)N(CNc3ccccc3Cl)C2=O)cc1. The molecule has 0 atom stereocenters. The monoisotopic (exact) mass is 431 g/mol. The van der Waals surface area contributed by atoms with Gasteiger partial charge in [0.25, 0.3) is 5.91 Å². The summed E-state index contributed by atoms with van der Waals surface area (Å²) in [5, 5.41) is 3.78. The number of rotatable bonds is 7. The average Bonchev–Trinajstić information content (AvgIpc) is 2.96. The molecular formula is C21H22ClN3OS2. The Morgan fingerprint density at radius 1 is 1.14 bits per heavy atom. The van der Waals surface area contributed by atoms with Crippen LogP contribution >= 0.6 is 35.6 Å². The Balaban J connectivity index is 1.69. The fraction of sp³-hybridized carbons (Fsp3) is 0.238. The third-order valence-electron chi connectivity index (χ3n) is 4.49. The minimum atomic E-state index is -0.0950. The van der Waals surface area contributed by atoms with Gasteiger partial charge in [0.1, 0.15) is 4.32 Å². The average molecular weight is 432 g/mol. The lowest BCUT2D eigenvalue weighted by molar-refractivity contribution is -0.121. The van der Waals surface area contributed by atoms with Crippen molar-refractivity contribution in [3.05, 3.63) is 64.0 Å². The van der Waals surface area contributed by atoms with E-state index in [0.29, 0.717) is 14.2 Å². The standard InChI is InChI=1S/C21H22ClN3OS2/c1-3-24(4-2)16-11-9-15(10-12-16)13-19-20(26)25(21(27)28-19)14-23-18-8-6-5-7-17(18)22/h5-13,23H,3-4,14H2,1-2H3. The number of carbonyl (C=O) groups excluding carboxylic acids is 1. The molecular weight excluding hydrogens is 410 g/mol. The highest BCUT2D eigenvalue weighted by atomic mass is 35.5. The molecule has 0 spiro atoms. The quantitative estimate of drug-likeness (QED) is 0.465. The summed E-state index contributed by atoms with van der Waals surface area (Å²) in [5.74, 6) is -0.0950. The Morgan fingerprint density at radius 3 is 2.46 bits per heavy atom. The molecule has 1 aliphatic heterocycles. The molecule has 1 aliphatic rings. The maximum atomic E-state index is 12.8. The first-order chi connectivity index (χ1) is 13.5. The second-order valence-electron chi connectivity index (χ2n) is 6.19. The number of hydrogen-bond acceptors (Lipinski definition) is 5. The smallest absolute Gasteiger partial charge is 0.267 e. The van der Waals surface area contributed by atoms with Crippen molar-refractivity contribution in [2.45, 2.75) is 13.8 Å². The van der Waals surface area contributed by atoms with Crippen LogP contribution in [0.3, 0.4) is 0 Å². The molecule has 1 amide bonds. The molecule has 0 bridgehead atoms. The van der Waals surface area contributed by atoms with Gasteiger partial charge < -0.3 is 10.2 Å². The molecule has 3 rings (SSSR count). The molecule has 0 radical (unpaired) electrons. The molecule has 7 heteroatoms. The third kappa shape index (κ3) is 4.69. The molecule has 1 heterocycles. The van der Waals surface area contributed by atoms with Crippen molar-refractivity contribution < 1.29 is 4.79 Å². The van der Waals surface area contributed by atoms with Gasteiger partial charge in [-0.25, -0.2) is 0 Å². The van der Waals surface area contributed by atoms with Crippen molar-refractivity contribution in [3.63, 3.8) is 0 Å². The summed E-state index contributed by atoms with van der Waals surface area (Å²) in [7, 11) is 0. The number of para-hydroxylation sites is 1. The lowest BCUT2D eigenvalue weighted by atomic mass is 10.1. The summed E-state index contributed by atoms with van der Waals surface area (Å²) in [5.41, 5.74) is 2.93. The number of thioether (sulfide) groups is 1. The van der Waals surface area contributed by atoms with Crippen LogP contribution in [-0.2, 0) is 4.79 Å². The molecule has 0 aliphatic carbocycles. The van der Waals surface area contributed by atoms with Gasteiger partial charge >= 0.3 is 0 Å². The van der Waals surface area contributed by atoms with Crippen LogP contribution in [0.25, 0.3) is 6.08 Å². The number of thiocarbonyl (C=S) groups is 1. The molecule has 4 nitrogen and oxygen atoms in total. The summed E-state index contributed by atoms with van der Waals surface area (Å²) in [6.45, 7) is 6.49. The molecule has 0 saturated carbocycles. The van der Waals surface area contributed by atoms with E-state index in [0.717, 1.165) is 24.3 Å². The minimum Gasteiger partial charge on any atom is -0.372 e. The number of anilines is 2. The molecule has 1 saturated heterocycles. The van der Waals surface area contributed by atoms with Crippen LogP contribution in [0.4, 0.5) is 11.4 Å². The second-order valence-corrected chi connectivity index (χ2v) is 8.27. The van der Waals surface area contributed by atoms with Gasteiger partial charge in [0, 0.05) is 18.8 Å². The number of benzene rings is 2. The van der Waals surface area contributed by atoms with Gasteiger partial charge in [-0.1, -0.05) is 59.8 Å². The topological polar surface area (TPSA) is 35.6 Å². The lowest BCUT2D eigenvalue weighted by Gasteiger charge is -2.20. The first kappa shape index (κ1) is 20.7. The Kier molecular flexibility index (Phi) is 6.99. The van der Waals surface area contributed by atoms with Gasteiger partial charge in [-0.15, -0.1) is 0 Å². The number of nitrogens with zero attached hydrogens (tertiary/aromatic N) is 2. The Labute approximate surface area is 180 Å². The Morgan fingerprint density at radius 2 is 1.82 bits per heavy atom. The Bertz CT molecular complexity index is 895. The predicted molar refractivity (Wildman–Crippen MR) is 125 cm³/mol. The largest absolute Gasteiger partial charge is 0.372 e. The van der Waals surface area contributed by atoms with Crippen LogP contribution in [-0.4, -0.2) is 34.9 Å². The lowest BCUT2D eigenvalue weighted by Crippen LogP contribution is -2.33. The van der Waals surface area contributed by atoms with E-state index in [1.54, 1.807) is 11.0 Å². The number of amides is 1. The van der Waals surface area contributed by atoms with Crippen LogP contribution < -0.4 is 10.2 Å². The zero-order valence-corrected chi connectivity index (χ0v) is 18.2. The highest BCUT2D eigenvalue weighted by molar-refractivity contribution is 8.26. The van der Waals surface area contributed by atoms with Crippen molar-refractivity contribution in [2.75, 3.05) is 30.0 Å². The normalized spacial score (nSPS) is 15.4. The Hall–Kier alpha value is -2.02. The minimum absolute atomic E-state index is 0.0950. The molecule has 2 aromatic rings. The van der Waals surface area contributed by atoms with E-state index in [4.69, 9.17) is 23.8 Å². The van der Waals surface area contributed by atoms with E-state index >= 15 is 0 Å². The molecule has 0 aromatic heterocycles. The molecule has 1 fully saturated rings. The summed E-state index contributed by atoms with van der Waals surface area (Å²) in [6, 6.07) is 15.6. The van der Waals surface area contributed by atoms with Gasteiger partial charge in [0.15, 0.2) is 0 Å². The van der Waals surface area contributed by atoms with Crippen LogP contribution in [0.5, 0.6) is 0 Å². The number of halogens is 1. The second kappa shape index (κ2) is 9.45. The number of hydrogen-bond donors (Lipinski definition) is 1. The van der Waals surface area contributed by atoms with Gasteiger partial charge in [0.2, 0.25) is 0 Å². The van der Waals surface area contributed by atoms with E-state index in [2.05, 4.69) is 36.2 Å². The van der Waals surface area contributed by atoms with Crippen LogP contribution in [0.2, 0.25) is 5.02 Å². The highest BCUT2D eigenvalue weighted by Crippen LogP contribution is 2.33. The molecule has 146 valence electrons. The molecule has 0 unspecified atom stereocenters. The van der Waals surface area contributed by atoms with Crippen molar-refractivity contribution >= 4 is 63.3 Å². The summed E-state index contributed by atoms with van der Waals surface area (Å²) in [4.78, 5) is 17.2. The van der Waals surface area contributed by atoms with Crippen molar-refractivity contribution in [1.82, 2.24) is 4.90 Å². The van der Waals surface area contributed by atoms with Crippen molar-refractivity contribution in [3.8, 4) is 0 Å². The fourth-order valence-corrected chi connectivity index (χ4v) is 4.38. The third-order valence-corrected chi connectivity index (χ3v) is 6.20. The summed E-state index contributed by atoms with van der Waals surface area (Å²) < 4.78 is 0.538. The summed E-state index contributed by atoms with van der Waals surface area (Å²) >= 11 is 12.9. The zero-order chi connectivity index (χ0) is 20.1. The van der Waals surface area contributed by atoms with Gasteiger partial charge in [0.05, 0.1) is 22.3 Å². The molecule has 28 heavy (non-hydrogen) atoms. The van der Waals surface area contributed by atoms with Crippen LogP contribution in [0.1, 0.15) is 19.4 Å². The first-order valence-corrected chi connectivity index (χ1v) is 10.7. The van der Waals surface area contributed by atoms with E-state index in [1.807, 2.05) is 36.4 Å². The maximum Gasteiger partial charge on any atom is 0.267 e. The van der Waals surface area contributed by atoms with Gasteiger partial charge in [-0.05, 0) is 49.8 Å². The van der Waals surface area contributed by atoms with E-state index in [9.17, 15) is 4.79 Å².